The maximum absolute atomic E-state index is 11.5. The van der Waals surface area contributed by atoms with E-state index in [4.69, 9.17) is 0 Å². The Balaban J connectivity index is 0.00000256. The topological polar surface area (TPSA) is 29.1 Å². The van der Waals surface area contributed by atoms with Gasteiger partial charge in [0.25, 0.3) is 5.91 Å². The highest BCUT2D eigenvalue weighted by atomic mass is 32.2. The second kappa shape index (κ2) is 6.59. The Bertz CT molecular complexity index is 340. The van der Waals surface area contributed by atoms with Crippen molar-refractivity contribution in [3.05, 3.63) is 29.8 Å². The molecule has 1 rings (SSSR count). The fourth-order valence-corrected chi connectivity index (χ4v) is 2.19. The number of rotatable bonds is 5. The van der Waals surface area contributed by atoms with E-state index in [9.17, 15) is 4.79 Å². The van der Waals surface area contributed by atoms with Gasteiger partial charge in [0, 0.05) is 23.7 Å². The zero-order valence-electron chi connectivity index (χ0n) is 10.1. The summed E-state index contributed by atoms with van der Waals surface area (Å²) in [5.74, 6) is 0.00240. The van der Waals surface area contributed by atoms with Crippen molar-refractivity contribution >= 4 is 17.7 Å². The molecule has 1 unspecified atom stereocenters. The van der Waals surface area contributed by atoms with Crippen LogP contribution in [0.1, 0.15) is 39.0 Å². The van der Waals surface area contributed by atoms with Crippen LogP contribution in [0, 0.1) is 0 Å². The third-order valence-electron chi connectivity index (χ3n) is 2.37. The Morgan fingerprint density at radius 1 is 1.38 bits per heavy atom. The molecule has 0 aliphatic carbocycles. The van der Waals surface area contributed by atoms with E-state index in [1.165, 1.54) is 4.90 Å². The minimum atomic E-state index is 0. The first-order valence-corrected chi connectivity index (χ1v) is 6.60. The summed E-state index contributed by atoms with van der Waals surface area (Å²) in [5, 5.41) is 3.41. The molecule has 0 saturated heterocycles. The molecule has 1 aromatic rings. The zero-order chi connectivity index (χ0) is 12.0. The molecule has 0 heterocycles. The first-order chi connectivity index (χ1) is 7.67. The lowest BCUT2D eigenvalue weighted by molar-refractivity contribution is 0.0956. The fraction of sp³-hybridized carbons (Fsp3) is 0.462. The normalized spacial score (nSPS) is 12.2. The van der Waals surface area contributed by atoms with Crippen LogP contribution in [0.2, 0.25) is 0 Å². The van der Waals surface area contributed by atoms with E-state index in [-0.39, 0.29) is 7.33 Å². The molecule has 90 valence electrons. The summed E-state index contributed by atoms with van der Waals surface area (Å²) in [6.07, 6.45) is 1.16. The van der Waals surface area contributed by atoms with E-state index in [1.54, 1.807) is 0 Å². The third kappa shape index (κ3) is 3.89. The summed E-state index contributed by atoms with van der Waals surface area (Å²) in [4.78, 5) is 12.7. The van der Waals surface area contributed by atoms with Crippen LogP contribution in [0.25, 0.3) is 0 Å². The molecule has 0 fully saturated rings. The molecule has 16 heavy (non-hydrogen) atoms. The van der Waals surface area contributed by atoms with Gasteiger partial charge in [0.2, 0.25) is 0 Å². The largest absolute Gasteiger partial charge is 0.352 e. The second-order valence-corrected chi connectivity index (χ2v) is 5.23. The average Bonchev–Trinajstić information content (AvgIpc) is 2.30. The Hall–Kier alpha value is -0.960. The molecule has 1 aromatic carbocycles. The molecule has 0 radical (unpaired) electrons. The van der Waals surface area contributed by atoms with Crippen LogP contribution in [0.5, 0.6) is 0 Å². The maximum Gasteiger partial charge on any atom is 0.251 e. The number of hydrogen-bond acceptors (Lipinski definition) is 2. The SMILES string of the molecule is CCNC(=O)c1ccc(SC(C)CC)cc1.[HH]. The van der Waals surface area contributed by atoms with Gasteiger partial charge in [-0.2, -0.15) is 0 Å². The van der Waals surface area contributed by atoms with Crippen LogP contribution in [0.15, 0.2) is 29.2 Å². The molecule has 1 N–H and O–H groups in total. The summed E-state index contributed by atoms with van der Waals surface area (Å²) in [5.41, 5.74) is 0.732. The van der Waals surface area contributed by atoms with Gasteiger partial charge in [-0.3, -0.25) is 4.79 Å². The summed E-state index contributed by atoms with van der Waals surface area (Å²) < 4.78 is 0. The van der Waals surface area contributed by atoms with Crippen LogP contribution < -0.4 is 5.32 Å². The van der Waals surface area contributed by atoms with Gasteiger partial charge in [-0.05, 0) is 37.6 Å². The molecule has 1 atom stereocenters. The molecule has 0 aliphatic heterocycles. The van der Waals surface area contributed by atoms with Crippen molar-refractivity contribution < 1.29 is 6.22 Å². The lowest BCUT2D eigenvalue weighted by atomic mass is 10.2. The molecule has 0 aliphatic rings. The molecule has 0 aromatic heterocycles. The number of carbonyl (C=O) groups excluding carboxylic acids is 1. The average molecular weight is 239 g/mol. The second-order valence-electron chi connectivity index (χ2n) is 3.72. The van der Waals surface area contributed by atoms with Gasteiger partial charge < -0.3 is 5.32 Å². The van der Waals surface area contributed by atoms with Crippen LogP contribution in [-0.4, -0.2) is 17.7 Å². The Morgan fingerprint density at radius 2 is 2.00 bits per heavy atom. The quantitative estimate of drug-likeness (QED) is 0.796. The van der Waals surface area contributed by atoms with E-state index in [0.29, 0.717) is 11.8 Å². The van der Waals surface area contributed by atoms with Crippen molar-refractivity contribution in [3.8, 4) is 0 Å². The summed E-state index contributed by atoms with van der Waals surface area (Å²) >= 11 is 1.85. The standard InChI is InChI=1S/C13H19NOS.H2/c1-4-10(3)16-12-8-6-11(7-9-12)13(15)14-5-2;/h6-10H,4-5H2,1-3H3,(H,14,15);1H. The van der Waals surface area contributed by atoms with Crippen molar-refractivity contribution in [2.45, 2.75) is 37.3 Å². The highest BCUT2D eigenvalue weighted by molar-refractivity contribution is 7.99. The first kappa shape index (κ1) is 13.1. The molecule has 0 spiro atoms. The highest BCUT2D eigenvalue weighted by Crippen LogP contribution is 2.24. The first-order valence-electron chi connectivity index (χ1n) is 5.72. The van der Waals surface area contributed by atoms with Gasteiger partial charge in [-0.15, -0.1) is 11.8 Å². The van der Waals surface area contributed by atoms with Gasteiger partial charge in [-0.25, -0.2) is 0 Å². The molecule has 2 nitrogen and oxygen atoms in total. The highest BCUT2D eigenvalue weighted by Gasteiger charge is 2.05. The zero-order valence-corrected chi connectivity index (χ0v) is 10.9. The number of thioether (sulfide) groups is 1. The summed E-state index contributed by atoms with van der Waals surface area (Å²) in [6.45, 7) is 6.98. The van der Waals surface area contributed by atoms with Crippen LogP contribution >= 0.6 is 11.8 Å². The van der Waals surface area contributed by atoms with Crippen molar-refractivity contribution in [3.63, 3.8) is 0 Å². The smallest absolute Gasteiger partial charge is 0.251 e. The number of hydrogen-bond donors (Lipinski definition) is 1. The number of amides is 1. The number of nitrogens with one attached hydrogen (secondary N) is 1. The van der Waals surface area contributed by atoms with Gasteiger partial charge in [0.15, 0.2) is 0 Å². The van der Waals surface area contributed by atoms with E-state index in [0.717, 1.165) is 12.0 Å². The predicted molar refractivity (Wildman–Crippen MR) is 72.2 cm³/mol. The predicted octanol–water partition coefficient (Wildman–Crippen LogP) is 3.57. The molecular weight excluding hydrogens is 218 g/mol. The molecule has 0 saturated carbocycles. The Morgan fingerprint density at radius 3 is 2.50 bits per heavy atom. The van der Waals surface area contributed by atoms with Crippen molar-refractivity contribution in [2.24, 2.45) is 0 Å². The minimum absolute atomic E-state index is 0. The Labute approximate surface area is 103 Å². The maximum atomic E-state index is 11.5. The van der Waals surface area contributed by atoms with Crippen LogP contribution in [0.4, 0.5) is 0 Å². The molecule has 0 bridgehead atoms. The van der Waals surface area contributed by atoms with E-state index < -0.39 is 0 Å². The van der Waals surface area contributed by atoms with E-state index >= 15 is 0 Å². The van der Waals surface area contributed by atoms with Gasteiger partial charge in [-0.1, -0.05) is 13.8 Å². The molecule has 3 heteroatoms. The summed E-state index contributed by atoms with van der Waals surface area (Å²) in [6, 6.07) is 7.80. The van der Waals surface area contributed by atoms with Crippen molar-refractivity contribution in [2.75, 3.05) is 6.54 Å². The fourth-order valence-electron chi connectivity index (χ4n) is 1.26. The monoisotopic (exact) mass is 239 g/mol. The van der Waals surface area contributed by atoms with Gasteiger partial charge >= 0.3 is 0 Å². The minimum Gasteiger partial charge on any atom is -0.352 e. The molecule has 1 amide bonds. The third-order valence-corrected chi connectivity index (χ3v) is 3.65. The number of benzene rings is 1. The van der Waals surface area contributed by atoms with Gasteiger partial charge in [0.1, 0.15) is 0 Å². The van der Waals surface area contributed by atoms with Gasteiger partial charge in [0.05, 0.1) is 0 Å². The Kier molecular flexibility index (Phi) is 5.39. The lowest BCUT2D eigenvalue weighted by Crippen LogP contribution is -2.22. The van der Waals surface area contributed by atoms with Crippen LogP contribution in [-0.2, 0) is 0 Å². The van der Waals surface area contributed by atoms with E-state index in [2.05, 4.69) is 19.2 Å². The lowest BCUT2D eigenvalue weighted by Gasteiger charge is -2.08. The summed E-state index contributed by atoms with van der Waals surface area (Å²) in [7, 11) is 0. The van der Waals surface area contributed by atoms with Crippen molar-refractivity contribution in [1.82, 2.24) is 5.32 Å². The molecular formula is C13H21NOS. The van der Waals surface area contributed by atoms with Crippen molar-refractivity contribution in [1.29, 1.82) is 0 Å². The number of carbonyl (C=O) groups is 1. The van der Waals surface area contributed by atoms with Crippen LogP contribution in [0.3, 0.4) is 0 Å². The van der Waals surface area contributed by atoms with E-state index in [1.807, 2.05) is 43.0 Å².